The number of carboxylic acid groups (broad SMARTS) is 2. The first-order valence-electron chi connectivity index (χ1n) is 4.73. The summed E-state index contributed by atoms with van der Waals surface area (Å²) in [6.45, 7) is 4.48. The molecule has 0 aliphatic rings. The Morgan fingerprint density at radius 1 is 1.05 bits per heavy atom. The van der Waals surface area contributed by atoms with E-state index in [-0.39, 0.29) is 22.6 Å². The van der Waals surface area contributed by atoms with Crippen LogP contribution in [0.15, 0.2) is 37.1 Å². The van der Waals surface area contributed by atoms with Gasteiger partial charge < -0.3 is 20.4 Å². The first-order valence-corrected chi connectivity index (χ1v) is 4.73. The molecule has 7 heteroatoms. The molecule has 0 amide bonds. The number of rotatable bonds is 3. The average molecular weight is 270 g/mol. The SMILES string of the molecule is C=COC(C)=O.O.O=C(O)c1ccc(C(=O)O)cc1. The molecule has 104 valence electrons. The summed E-state index contributed by atoms with van der Waals surface area (Å²) in [4.78, 5) is 30.4. The Hall–Kier alpha value is -2.67. The van der Waals surface area contributed by atoms with Crippen molar-refractivity contribution in [2.45, 2.75) is 6.92 Å². The number of hydrogen-bond donors (Lipinski definition) is 2. The van der Waals surface area contributed by atoms with E-state index in [1.165, 1.54) is 31.2 Å². The number of benzene rings is 1. The molecule has 0 unspecified atom stereocenters. The highest BCUT2D eigenvalue weighted by atomic mass is 16.5. The van der Waals surface area contributed by atoms with Crippen LogP contribution in [0, 0.1) is 0 Å². The number of esters is 1. The van der Waals surface area contributed by atoms with Crippen LogP contribution in [-0.4, -0.2) is 33.6 Å². The molecule has 1 aromatic rings. The van der Waals surface area contributed by atoms with Gasteiger partial charge in [-0.1, -0.05) is 6.58 Å². The Morgan fingerprint density at radius 2 is 1.37 bits per heavy atom. The van der Waals surface area contributed by atoms with Crippen LogP contribution < -0.4 is 0 Å². The van der Waals surface area contributed by atoms with Crippen LogP contribution in [0.4, 0.5) is 0 Å². The summed E-state index contributed by atoms with van der Waals surface area (Å²) in [5, 5.41) is 16.9. The van der Waals surface area contributed by atoms with Crippen molar-refractivity contribution >= 4 is 17.9 Å². The molecule has 4 N–H and O–H groups in total. The maximum Gasteiger partial charge on any atom is 0.335 e. The lowest BCUT2D eigenvalue weighted by atomic mass is 10.1. The van der Waals surface area contributed by atoms with Gasteiger partial charge in [0.1, 0.15) is 0 Å². The fourth-order valence-electron chi connectivity index (χ4n) is 0.873. The van der Waals surface area contributed by atoms with E-state index in [1.54, 1.807) is 0 Å². The maximum absolute atomic E-state index is 10.3. The third-order valence-electron chi connectivity index (χ3n) is 1.63. The van der Waals surface area contributed by atoms with Crippen molar-refractivity contribution in [2.24, 2.45) is 0 Å². The predicted octanol–water partition coefficient (Wildman–Crippen LogP) is 0.951. The fraction of sp³-hybridized carbons (Fsp3) is 0.0833. The van der Waals surface area contributed by atoms with Crippen LogP contribution in [0.5, 0.6) is 0 Å². The molecule has 1 aromatic carbocycles. The summed E-state index contributed by atoms with van der Waals surface area (Å²) in [5.41, 5.74) is 0.167. The largest absolute Gasteiger partial charge is 0.478 e. The number of carboxylic acids is 2. The molecule has 0 bridgehead atoms. The molecule has 0 heterocycles. The summed E-state index contributed by atoms with van der Waals surface area (Å²) in [5.74, 6) is -2.45. The lowest BCUT2D eigenvalue weighted by molar-refractivity contribution is -0.135. The van der Waals surface area contributed by atoms with Crippen molar-refractivity contribution < 1.29 is 34.8 Å². The number of ether oxygens (including phenoxy) is 1. The van der Waals surface area contributed by atoms with E-state index in [0.29, 0.717) is 0 Å². The summed E-state index contributed by atoms with van der Waals surface area (Å²) < 4.78 is 4.17. The predicted molar refractivity (Wildman–Crippen MR) is 65.9 cm³/mol. The van der Waals surface area contributed by atoms with Gasteiger partial charge in [0.25, 0.3) is 0 Å². The number of aromatic carboxylic acids is 2. The highest BCUT2D eigenvalue weighted by Gasteiger charge is 2.04. The van der Waals surface area contributed by atoms with E-state index in [2.05, 4.69) is 11.3 Å². The third kappa shape index (κ3) is 8.11. The summed E-state index contributed by atoms with van der Waals surface area (Å²) in [6, 6.07) is 5.02. The second-order valence-electron chi connectivity index (χ2n) is 2.96. The lowest BCUT2D eigenvalue weighted by Crippen LogP contribution is -1.99. The topological polar surface area (TPSA) is 132 Å². The van der Waals surface area contributed by atoms with Crippen molar-refractivity contribution in [3.8, 4) is 0 Å². The number of carbonyl (C=O) groups excluding carboxylic acids is 1. The lowest BCUT2D eigenvalue weighted by Gasteiger charge is -1.94. The summed E-state index contributed by atoms with van der Waals surface area (Å²) in [7, 11) is 0. The quantitative estimate of drug-likeness (QED) is 0.620. The Morgan fingerprint density at radius 3 is 1.47 bits per heavy atom. The van der Waals surface area contributed by atoms with Gasteiger partial charge in [0.05, 0.1) is 17.4 Å². The van der Waals surface area contributed by atoms with Gasteiger partial charge >= 0.3 is 17.9 Å². The smallest absolute Gasteiger partial charge is 0.335 e. The van der Waals surface area contributed by atoms with Crippen LogP contribution in [-0.2, 0) is 9.53 Å². The second kappa shape index (κ2) is 9.37. The molecule has 0 saturated heterocycles. The zero-order chi connectivity index (χ0) is 14.1. The zero-order valence-corrected chi connectivity index (χ0v) is 10.1. The third-order valence-corrected chi connectivity index (χ3v) is 1.63. The van der Waals surface area contributed by atoms with Crippen molar-refractivity contribution in [3.05, 3.63) is 48.2 Å². The van der Waals surface area contributed by atoms with Gasteiger partial charge in [-0.2, -0.15) is 0 Å². The molecule has 0 radical (unpaired) electrons. The van der Waals surface area contributed by atoms with Crippen molar-refractivity contribution in [3.63, 3.8) is 0 Å². The van der Waals surface area contributed by atoms with E-state index in [4.69, 9.17) is 10.2 Å². The van der Waals surface area contributed by atoms with Gasteiger partial charge in [-0.3, -0.25) is 4.79 Å². The molecule has 0 aromatic heterocycles. The Kier molecular flexibility index (Phi) is 9.22. The Bertz CT molecular complexity index is 415. The molecule has 0 saturated carbocycles. The number of hydrogen-bond acceptors (Lipinski definition) is 4. The van der Waals surface area contributed by atoms with Gasteiger partial charge in [0.15, 0.2) is 0 Å². The molecule has 0 atom stereocenters. The van der Waals surface area contributed by atoms with Crippen molar-refractivity contribution in [1.82, 2.24) is 0 Å². The monoisotopic (exact) mass is 270 g/mol. The van der Waals surface area contributed by atoms with Crippen LogP contribution in [0.1, 0.15) is 27.6 Å². The van der Waals surface area contributed by atoms with Crippen molar-refractivity contribution in [1.29, 1.82) is 0 Å². The minimum absolute atomic E-state index is 0. The van der Waals surface area contributed by atoms with Crippen LogP contribution in [0.2, 0.25) is 0 Å². The molecule has 7 nitrogen and oxygen atoms in total. The van der Waals surface area contributed by atoms with Gasteiger partial charge in [-0.25, -0.2) is 9.59 Å². The van der Waals surface area contributed by atoms with Crippen LogP contribution in [0.3, 0.4) is 0 Å². The maximum atomic E-state index is 10.3. The molecule has 0 fully saturated rings. The van der Waals surface area contributed by atoms with Crippen LogP contribution >= 0.6 is 0 Å². The normalized spacial score (nSPS) is 8.05. The standard InChI is InChI=1S/C8H6O4.C4H6O2.H2O/c9-7(10)5-1-2-6(4-3-5)8(11)12;1-3-6-4(2)5;/h1-4H,(H,9,10)(H,11,12);3H,1H2,2H3;1H2. The zero-order valence-electron chi connectivity index (χ0n) is 10.1. The second-order valence-corrected chi connectivity index (χ2v) is 2.96. The van der Waals surface area contributed by atoms with Gasteiger partial charge in [0, 0.05) is 6.92 Å². The first-order chi connectivity index (χ1) is 8.38. The molecule has 0 aliphatic carbocycles. The van der Waals surface area contributed by atoms with E-state index in [0.717, 1.165) is 6.26 Å². The van der Waals surface area contributed by atoms with E-state index in [1.807, 2.05) is 0 Å². The van der Waals surface area contributed by atoms with Crippen LogP contribution in [0.25, 0.3) is 0 Å². The number of carbonyl (C=O) groups is 3. The molecule has 0 spiro atoms. The minimum Gasteiger partial charge on any atom is -0.478 e. The summed E-state index contributed by atoms with van der Waals surface area (Å²) >= 11 is 0. The Labute approximate surface area is 109 Å². The highest BCUT2D eigenvalue weighted by Crippen LogP contribution is 2.03. The van der Waals surface area contributed by atoms with Crippen molar-refractivity contribution in [2.75, 3.05) is 0 Å². The molecule has 0 aliphatic heterocycles. The van der Waals surface area contributed by atoms with Gasteiger partial charge in [-0.15, -0.1) is 0 Å². The average Bonchev–Trinajstić information content (AvgIpc) is 2.29. The molecule has 1 rings (SSSR count). The fourth-order valence-corrected chi connectivity index (χ4v) is 0.873. The van der Waals surface area contributed by atoms with E-state index < -0.39 is 11.9 Å². The Balaban J connectivity index is 0. The summed E-state index contributed by atoms with van der Waals surface area (Å²) in [6.07, 6.45) is 1.10. The van der Waals surface area contributed by atoms with E-state index >= 15 is 0 Å². The molecule has 19 heavy (non-hydrogen) atoms. The molecular formula is C12H14O7. The highest BCUT2D eigenvalue weighted by molar-refractivity contribution is 5.91. The first kappa shape index (κ1) is 18.7. The van der Waals surface area contributed by atoms with E-state index in [9.17, 15) is 14.4 Å². The van der Waals surface area contributed by atoms with Gasteiger partial charge in [0.2, 0.25) is 0 Å². The molecular weight excluding hydrogens is 256 g/mol. The van der Waals surface area contributed by atoms with Gasteiger partial charge in [-0.05, 0) is 24.3 Å². The minimum atomic E-state index is -1.06.